The van der Waals surface area contributed by atoms with Gasteiger partial charge in [0.15, 0.2) is 0 Å². The smallest absolute Gasteiger partial charge is 0.0320 e. The minimum Gasteiger partial charge on any atom is -0.0596 e. The second-order valence-electron chi connectivity index (χ2n) is 7.31. The Morgan fingerprint density at radius 1 is 1.13 bits per heavy atom. The highest BCUT2D eigenvalue weighted by molar-refractivity contribution is 5.00. The van der Waals surface area contributed by atoms with Crippen LogP contribution in [0.1, 0.15) is 59.8 Å². The van der Waals surface area contributed by atoms with E-state index in [1.165, 1.54) is 25.7 Å². The lowest BCUT2D eigenvalue weighted by atomic mass is 9.89. The molecule has 0 aromatic heterocycles. The van der Waals surface area contributed by atoms with Crippen molar-refractivity contribution < 1.29 is 0 Å². The first-order valence-electron chi connectivity index (χ1n) is 6.66. The summed E-state index contributed by atoms with van der Waals surface area (Å²) in [6, 6.07) is 0. The Bertz CT molecular complexity index is 236. The summed E-state index contributed by atoms with van der Waals surface area (Å²) < 4.78 is 0. The van der Waals surface area contributed by atoms with Crippen molar-refractivity contribution in [2.75, 3.05) is 0 Å². The van der Waals surface area contributed by atoms with Crippen LogP contribution in [0.2, 0.25) is 0 Å². The van der Waals surface area contributed by atoms with E-state index in [1.807, 2.05) is 0 Å². The largest absolute Gasteiger partial charge is 0.0596 e. The summed E-state index contributed by atoms with van der Waals surface area (Å²) in [5.74, 6) is 2.92. The topological polar surface area (TPSA) is 0 Å². The maximum Gasteiger partial charge on any atom is -0.0320 e. The Morgan fingerprint density at radius 2 is 1.67 bits per heavy atom. The lowest BCUT2D eigenvalue weighted by Gasteiger charge is -2.17. The Labute approximate surface area is 95.8 Å². The SMILES string of the molecule is [CH2]CC(CCC1CC1(C)C)C1CC1(C)C. The summed E-state index contributed by atoms with van der Waals surface area (Å²) in [5.41, 5.74) is 1.31. The molecule has 2 rings (SSSR count). The fourth-order valence-electron chi connectivity index (χ4n) is 3.34. The van der Waals surface area contributed by atoms with Crippen molar-refractivity contribution in [3.8, 4) is 0 Å². The maximum atomic E-state index is 4.15. The van der Waals surface area contributed by atoms with Gasteiger partial charge in [-0.15, -0.1) is 0 Å². The van der Waals surface area contributed by atoms with E-state index in [-0.39, 0.29) is 0 Å². The van der Waals surface area contributed by atoms with Crippen molar-refractivity contribution in [3.63, 3.8) is 0 Å². The third-order valence-electron chi connectivity index (χ3n) is 5.13. The minimum atomic E-state index is 0.640. The molecule has 2 saturated carbocycles. The molecule has 0 amide bonds. The second-order valence-corrected chi connectivity index (χ2v) is 7.31. The van der Waals surface area contributed by atoms with Crippen LogP contribution in [-0.4, -0.2) is 0 Å². The molecular weight excluding hydrogens is 180 g/mol. The first-order chi connectivity index (χ1) is 6.87. The van der Waals surface area contributed by atoms with E-state index in [2.05, 4.69) is 34.6 Å². The van der Waals surface area contributed by atoms with Crippen LogP contribution in [0.3, 0.4) is 0 Å². The molecule has 87 valence electrons. The van der Waals surface area contributed by atoms with Gasteiger partial charge in [-0.05, 0) is 54.3 Å². The zero-order valence-electron chi connectivity index (χ0n) is 11.0. The molecule has 3 unspecified atom stereocenters. The first-order valence-corrected chi connectivity index (χ1v) is 6.66. The summed E-state index contributed by atoms with van der Waals surface area (Å²) in [7, 11) is 0. The highest BCUT2D eigenvalue weighted by atomic mass is 14.6. The Balaban J connectivity index is 1.74. The van der Waals surface area contributed by atoms with Crippen molar-refractivity contribution in [2.45, 2.75) is 59.8 Å². The van der Waals surface area contributed by atoms with Crippen LogP contribution in [0.25, 0.3) is 0 Å². The van der Waals surface area contributed by atoms with Crippen LogP contribution in [0.4, 0.5) is 0 Å². The molecule has 0 nitrogen and oxygen atoms in total. The van der Waals surface area contributed by atoms with Gasteiger partial charge in [-0.1, -0.05) is 41.0 Å². The van der Waals surface area contributed by atoms with Crippen molar-refractivity contribution in [2.24, 2.45) is 28.6 Å². The summed E-state index contributed by atoms with van der Waals surface area (Å²) in [5, 5.41) is 0. The minimum absolute atomic E-state index is 0.640. The van der Waals surface area contributed by atoms with E-state index in [1.54, 1.807) is 0 Å². The second kappa shape index (κ2) is 3.50. The molecule has 0 N–H and O–H groups in total. The van der Waals surface area contributed by atoms with Gasteiger partial charge in [0.05, 0.1) is 0 Å². The van der Waals surface area contributed by atoms with Gasteiger partial charge in [0, 0.05) is 0 Å². The quantitative estimate of drug-likeness (QED) is 0.613. The Kier molecular flexibility index (Phi) is 2.68. The van der Waals surface area contributed by atoms with Gasteiger partial charge in [0.25, 0.3) is 0 Å². The number of hydrogen-bond acceptors (Lipinski definition) is 0. The molecule has 2 aliphatic carbocycles. The summed E-state index contributed by atoms with van der Waals surface area (Å²) in [6.07, 6.45) is 6.96. The Hall–Kier alpha value is 0. The molecule has 1 radical (unpaired) electrons. The summed E-state index contributed by atoms with van der Waals surface area (Å²) >= 11 is 0. The predicted octanol–water partition coefficient (Wildman–Crippen LogP) is 4.70. The molecule has 3 atom stereocenters. The van der Waals surface area contributed by atoms with Crippen molar-refractivity contribution in [3.05, 3.63) is 6.92 Å². The standard InChI is InChI=1S/C15H27/c1-6-11(13-10-15(13,4)5)7-8-12-9-14(12,2)3/h11-13H,1,6-10H2,2-5H3. The molecule has 0 heteroatoms. The van der Waals surface area contributed by atoms with Gasteiger partial charge in [-0.3, -0.25) is 0 Å². The van der Waals surface area contributed by atoms with Crippen molar-refractivity contribution in [1.82, 2.24) is 0 Å². The third-order valence-corrected chi connectivity index (χ3v) is 5.13. The van der Waals surface area contributed by atoms with Gasteiger partial charge in [0.1, 0.15) is 0 Å². The van der Waals surface area contributed by atoms with E-state index in [0.29, 0.717) is 10.8 Å². The van der Waals surface area contributed by atoms with Crippen LogP contribution >= 0.6 is 0 Å². The van der Waals surface area contributed by atoms with Crippen LogP contribution in [0.15, 0.2) is 0 Å². The summed E-state index contributed by atoms with van der Waals surface area (Å²) in [4.78, 5) is 0. The number of rotatable bonds is 5. The molecule has 0 aromatic carbocycles. The van der Waals surface area contributed by atoms with Crippen LogP contribution in [-0.2, 0) is 0 Å². The van der Waals surface area contributed by atoms with E-state index in [9.17, 15) is 0 Å². The highest BCUT2D eigenvalue weighted by Crippen LogP contribution is 2.59. The van der Waals surface area contributed by atoms with Crippen LogP contribution in [0, 0.1) is 35.5 Å². The van der Waals surface area contributed by atoms with Gasteiger partial charge in [-0.25, -0.2) is 0 Å². The molecule has 15 heavy (non-hydrogen) atoms. The average molecular weight is 207 g/mol. The van der Waals surface area contributed by atoms with Gasteiger partial charge < -0.3 is 0 Å². The first kappa shape index (κ1) is 11.5. The maximum absolute atomic E-state index is 4.15. The van der Waals surface area contributed by atoms with Crippen molar-refractivity contribution >= 4 is 0 Å². The van der Waals surface area contributed by atoms with Gasteiger partial charge in [-0.2, -0.15) is 0 Å². The molecule has 2 aliphatic rings. The lowest BCUT2D eigenvalue weighted by Crippen LogP contribution is -2.07. The molecule has 0 bridgehead atoms. The van der Waals surface area contributed by atoms with E-state index >= 15 is 0 Å². The van der Waals surface area contributed by atoms with Crippen LogP contribution < -0.4 is 0 Å². The van der Waals surface area contributed by atoms with E-state index in [4.69, 9.17) is 0 Å². The molecule has 0 heterocycles. The molecule has 0 spiro atoms. The molecule has 0 aliphatic heterocycles. The van der Waals surface area contributed by atoms with E-state index < -0.39 is 0 Å². The Morgan fingerprint density at radius 3 is 2.00 bits per heavy atom. The zero-order chi connectivity index (χ0) is 11.3. The van der Waals surface area contributed by atoms with Crippen LogP contribution in [0.5, 0.6) is 0 Å². The fraction of sp³-hybridized carbons (Fsp3) is 0.933. The van der Waals surface area contributed by atoms with Crippen molar-refractivity contribution in [1.29, 1.82) is 0 Å². The monoisotopic (exact) mass is 207 g/mol. The zero-order valence-corrected chi connectivity index (χ0v) is 11.0. The van der Waals surface area contributed by atoms with Gasteiger partial charge in [0.2, 0.25) is 0 Å². The predicted molar refractivity (Wildman–Crippen MR) is 66.5 cm³/mol. The normalized spacial score (nSPS) is 37.4. The third kappa shape index (κ3) is 2.40. The van der Waals surface area contributed by atoms with E-state index in [0.717, 1.165) is 24.2 Å². The fourth-order valence-corrected chi connectivity index (χ4v) is 3.34. The molecule has 2 fully saturated rings. The highest BCUT2D eigenvalue weighted by Gasteiger charge is 2.50. The summed E-state index contributed by atoms with van der Waals surface area (Å²) in [6.45, 7) is 13.8. The molecular formula is C15H27. The van der Waals surface area contributed by atoms with Gasteiger partial charge >= 0.3 is 0 Å². The molecule has 0 saturated heterocycles. The lowest BCUT2D eigenvalue weighted by molar-refractivity contribution is 0.346. The number of hydrogen-bond donors (Lipinski definition) is 0. The molecule has 0 aromatic rings. The average Bonchev–Trinajstić information content (AvgIpc) is 2.92.